The zero-order valence-electron chi connectivity index (χ0n) is 9.10. The number of pyridine rings is 1. The molecule has 0 saturated carbocycles. The maximum absolute atomic E-state index is 9.54. The Morgan fingerprint density at radius 1 is 1.56 bits per heavy atom. The molecular formula is C11H14ClN3O. The Kier molecular flexibility index (Phi) is 3.41. The third-order valence-electron chi connectivity index (χ3n) is 2.50. The summed E-state index contributed by atoms with van der Waals surface area (Å²) in [5.41, 5.74) is 1.07. The van der Waals surface area contributed by atoms with Gasteiger partial charge in [-0.05, 0) is 18.6 Å². The summed E-state index contributed by atoms with van der Waals surface area (Å²) in [6.07, 6.45) is 1.24. The largest absolute Gasteiger partial charge is 0.385 e. The highest BCUT2D eigenvalue weighted by Gasteiger charge is 2.20. The second kappa shape index (κ2) is 4.80. The zero-order chi connectivity index (χ0) is 11.5. The summed E-state index contributed by atoms with van der Waals surface area (Å²) in [7, 11) is 0. The molecule has 0 fully saturated rings. The zero-order valence-corrected chi connectivity index (χ0v) is 9.85. The van der Waals surface area contributed by atoms with Crippen molar-refractivity contribution in [3.63, 3.8) is 0 Å². The van der Waals surface area contributed by atoms with Gasteiger partial charge < -0.3 is 10.0 Å². The lowest BCUT2D eigenvalue weighted by atomic mass is 10.2. The highest BCUT2D eigenvalue weighted by atomic mass is 35.5. The van der Waals surface area contributed by atoms with Gasteiger partial charge in [-0.15, -0.1) is 0 Å². The molecule has 16 heavy (non-hydrogen) atoms. The van der Waals surface area contributed by atoms with Crippen molar-refractivity contribution in [3.05, 3.63) is 29.0 Å². The van der Waals surface area contributed by atoms with E-state index in [0.717, 1.165) is 24.5 Å². The van der Waals surface area contributed by atoms with E-state index in [-0.39, 0.29) is 0 Å². The molecule has 0 saturated heterocycles. The number of aliphatic hydroxyl groups excluding tert-OH is 1. The summed E-state index contributed by atoms with van der Waals surface area (Å²) in [4.78, 5) is 10.4. The van der Waals surface area contributed by atoms with E-state index in [0.29, 0.717) is 11.7 Å². The van der Waals surface area contributed by atoms with Crippen LogP contribution in [0.3, 0.4) is 0 Å². The fraction of sp³-hybridized carbons (Fsp3) is 0.455. The first kappa shape index (κ1) is 11.4. The molecule has 0 spiro atoms. The average molecular weight is 240 g/mol. The Hall–Kier alpha value is -1.13. The van der Waals surface area contributed by atoms with E-state index in [4.69, 9.17) is 11.6 Å². The minimum absolute atomic E-state index is 0.495. The van der Waals surface area contributed by atoms with Crippen LogP contribution in [0, 0.1) is 0 Å². The van der Waals surface area contributed by atoms with Gasteiger partial charge in [-0.1, -0.05) is 17.7 Å². The van der Waals surface area contributed by atoms with E-state index in [2.05, 4.69) is 14.9 Å². The number of aromatic nitrogens is 1. The lowest BCUT2D eigenvalue weighted by Crippen LogP contribution is -2.34. The fourth-order valence-corrected chi connectivity index (χ4v) is 1.89. The number of aliphatic hydroxyl groups is 1. The maximum Gasteiger partial charge on any atom is 0.129 e. The molecule has 1 aliphatic heterocycles. The lowest BCUT2D eigenvalue weighted by molar-refractivity contribution is 0.241. The molecule has 2 heterocycles. The van der Waals surface area contributed by atoms with Gasteiger partial charge >= 0.3 is 0 Å². The number of hydrogen-bond donors (Lipinski definition) is 1. The minimum Gasteiger partial charge on any atom is -0.385 e. The first-order valence-corrected chi connectivity index (χ1v) is 5.62. The normalized spacial score (nSPS) is 17.4. The molecule has 0 amide bonds. The van der Waals surface area contributed by atoms with Gasteiger partial charge in [0.05, 0.1) is 6.54 Å². The molecule has 1 aromatic heterocycles. The molecule has 86 valence electrons. The predicted molar refractivity (Wildman–Crippen MR) is 63.6 cm³/mol. The summed E-state index contributed by atoms with van der Waals surface area (Å²) >= 11 is 5.72. The van der Waals surface area contributed by atoms with Crippen molar-refractivity contribution in [1.29, 1.82) is 0 Å². The number of hydrogen-bond acceptors (Lipinski definition) is 4. The van der Waals surface area contributed by atoms with Crippen molar-refractivity contribution in [2.24, 2.45) is 4.99 Å². The number of nitrogens with zero attached hydrogens (tertiary/aromatic N) is 3. The molecule has 0 bridgehead atoms. The predicted octanol–water partition coefficient (Wildman–Crippen LogP) is 1.33. The van der Waals surface area contributed by atoms with Gasteiger partial charge in [0.1, 0.15) is 17.1 Å². The van der Waals surface area contributed by atoms with Gasteiger partial charge in [0.15, 0.2) is 0 Å². The lowest BCUT2D eigenvalue weighted by Gasteiger charge is -2.21. The quantitative estimate of drug-likeness (QED) is 0.810. The SMILES string of the molecule is CC(O)C1=NCCN1Cc1ccc(Cl)nc1. The molecule has 1 unspecified atom stereocenters. The topological polar surface area (TPSA) is 48.7 Å². The van der Waals surface area contributed by atoms with Gasteiger partial charge in [0.25, 0.3) is 0 Å². The molecule has 1 atom stereocenters. The Morgan fingerprint density at radius 3 is 3.00 bits per heavy atom. The van der Waals surface area contributed by atoms with Crippen LogP contribution in [0.2, 0.25) is 5.15 Å². The van der Waals surface area contributed by atoms with Crippen LogP contribution in [0.25, 0.3) is 0 Å². The van der Waals surface area contributed by atoms with E-state index in [1.54, 1.807) is 19.2 Å². The van der Waals surface area contributed by atoms with Crippen LogP contribution in [-0.2, 0) is 6.54 Å². The van der Waals surface area contributed by atoms with Gasteiger partial charge in [-0.3, -0.25) is 4.99 Å². The third kappa shape index (κ3) is 2.51. The average Bonchev–Trinajstić information content (AvgIpc) is 2.69. The van der Waals surface area contributed by atoms with Crippen molar-refractivity contribution < 1.29 is 5.11 Å². The summed E-state index contributed by atoms with van der Waals surface area (Å²) in [5, 5.41) is 10.0. The van der Waals surface area contributed by atoms with Crippen LogP contribution >= 0.6 is 11.6 Å². The van der Waals surface area contributed by atoms with Gasteiger partial charge in [0, 0.05) is 19.3 Å². The Balaban J connectivity index is 2.05. The molecule has 0 aromatic carbocycles. The van der Waals surface area contributed by atoms with Gasteiger partial charge in [-0.2, -0.15) is 0 Å². The standard InChI is InChI=1S/C11H14ClN3O/c1-8(16)11-13-4-5-15(11)7-9-2-3-10(12)14-6-9/h2-3,6,8,16H,4-5,7H2,1H3. The van der Waals surface area contributed by atoms with Crippen LogP contribution in [0.5, 0.6) is 0 Å². The van der Waals surface area contributed by atoms with Crippen LogP contribution in [0.1, 0.15) is 12.5 Å². The minimum atomic E-state index is -0.511. The number of amidine groups is 1. The third-order valence-corrected chi connectivity index (χ3v) is 2.73. The summed E-state index contributed by atoms with van der Waals surface area (Å²) < 4.78 is 0. The second-order valence-corrected chi connectivity index (χ2v) is 4.21. The van der Waals surface area contributed by atoms with Crippen molar-refractivity contribution in [3.8, 4) is 0 Å². The summed E-state index contributed by atoms with van der Waals surface area (Å²) in [6.45, 7) is 4.05. The van der Waals surface area contributed by atoms with Crippen LogP contribution in [-0.4, -0.2) is 40.0 Å². The summed E-state index contributed by atoms with van der Waals surface area (Å²) in [6, 6.07) is 3.71. The van der Waals surface area contributed by atoms with E-state index in [1.807, 2.05) is 6.07 Å². The molecule has 1 aromatic rings. The van der Waals surface area contributed by atoms with Gasteiger partial charge in [0.2, 0.25) is 0 Å². The summed E-state index contributed by atoms with van der Waals surface area (Å²) in [5.74, 6) is 0.759. The first-order chi connectivity index (χ1) is 7.66. The monoisotopic (exact) mass is 239 g/mol. The molecule has 2 rings (SSSR count). The molecular weight excluding hydrogens is 226 g/mol. The second-order valence-electron chi connectivity index (χ2n) is 3.83. The highest BCUT2D eigenvalue weighted by Crippen LogP contribution is 2.12. The van der Waals surface area contributed by atoms with Crippen LogP contribution in [0.15, 0.2) is 23.3 Å². The van der Waals surface area contributed by atoms with Crippen LogP contribution in [0.4, 0.5) is 0 Å². The number of rotatable bonds is 3. The number of aliphatic imine (C=N–C) groups is 1. The molecule has 0 radical (unpaired) electrons. The molecule has 1 aliphatic rings. The van der Waals surface area contributed by atoms with Gasteiger partial charge in [-0.25, -0.2) is 4.98 Å². The molecule has 1 N–H and O–H groups in total. The Labute approximate surface area is 99.6 Å². The van der Waals surface area contributed by atoms with E-state index in [1.165, 1.54) is 0 Å². The highest BCUT2D eigenvalue weighted by molar-refractivity contribution is 6.29. The maximum atomic E-state index is 9.54. The smallest absolute Gasteiger partial charge is 0.129 e. The number of halogens is 1. The van der Waals surface area contributed by atoms with Crippen molar-refractivity contribution >= 4 is 17.4 Å². The van der Waals surface area contributed by atoms with E-state index < -0.39 is 6.10 Å². The van der Waals surface area contributed by atoms with E-state index >= 15 is 0 Å². The molecule has 5 heteroatoms. The first-order valence-electron chi connectivity index (χ1n) is 5.24. The molecule has 4 nitrogen and oxygen atoms in total. The van der Waals surface area contributed by atoms with Crippen LogP contribution < -0.4 is 0 Å². The van der Waals surface area contributed by atoms with Crippen molar-refractivity contribution in [2.75, 3.05) is 13.1 Å². The van der Waals surface area contributed by atoms with E-state index in [9.17, 15) is 5.11 Å². The Bertz CT molecular complexity index is 389. The Morgan fingerprint density at radius 2 is 2.38 bits per heavy atom. The molecule has 0 aliphatic carbocycles. The fourth-order valence-electron chi connectivity index (χ4n) is 1.78. The van der Waals surface area contributed by atoms with Crippen molar-refractivity contribution in [2.45, 2.75) is 19.6 Å². The van der Waals surface area contributed by atoms with Crippen molar-refractivity contribution in [1.82, 2.24) is 9.88 Å².